The van der Waals surface area contributed by atoms with E-state index in [4.69, 9.17) is 0 Å². The number of benzene rings is 2. The molecular weight excluding hydrogens is 378 g/mol. The van der Waals surface area contributed by atoms with Crippen molar-refractivity contribution in [2.24, 2.45) is 7.05 Å². The molecule has 2 heterocycles. The van der Waals surface area contributed by atoms with Crippen molar-refractivity contribution in [1.29, 1.82) is 0 Å². The Hall–Kier alpha value is -3.19. The summed E-state index contributed by atoms with van der Waals surface area (Å²) in [6.07, 6.45) is 0.500. The number of nitrogens with one attached hydrogen (secondary N) is 1. The van der Waals surface area contributed by atoms with Gasteiger partial charge >= 0.3 is 0 Å². The highest BCUT2D eigenvalue weighted by Crippen LogP contribution is 2.27. The van der Waals surface area contributed by atoms with Gasteiger partial charge in [0.2, 0.25) is 5.91 Å². The zero-order valence-electron chi connectivity index (χ0n) is 17.6. The third-order valence-corrected chi connectivity index (χ3v) is 5.63. The molecule has 0 saturated heterocycles. The van der Waals surface area contributed by atoms with E-state index in [2.05, 4.69) is 10.4 Å². The molecule has 156 valence electrons. The minimum Gasteiger partial charge on any atom is -0.353 e. The largest absolute Gasteiger partial charge is 0.353 e. The molecule has 0 fully saturated rings. The lowest BCUT2D eigenvalue weighted by Crippen LogP contribution is -2.53. The number of fused-ring (bicyclic) bond motifs is 2. The molecule has 2 aromatic carbocycles. The van der Waals surface area contributed by atoms with Crippen molar-refractivity contribution in [2.75, 3.05) is 27.2 Å². The maximum Gasteiger partial charge on any atom is 0.275 e. The summed E-state index contributed by atoms with van der Waals surface area (Å²) in [5, 5.41) is 8.28. The fraction of sp³-hybridized carbons (Fsp3) is 0.348. The van der Waals surface area contributed by atoms with E-state index < -0.39 is 6.04 Å². The van der Waals surface area contributed by atoms with Crippen molar-refractivity contribution in [3.8, 4) is 0 Å². The number of amides is 2. The van der Waals surface area contributed by atoms with Crippen LogP contribution in [-0.2, 0) is 24.8 Å². The third-order valence-electron chi connectivity index (χ3n) is 5.63. The maximum absolute atomic E-state index is 13.6. The van der Waals surface area contributed by atoms with E-state index in [0.29, 0.717) is 25.2 Å². The average Bonchev–Trinajstić information content (AvgIpc) is 3.09. The van der Waals surface area contributed by atoms with Crippen LogP contribution in [0.1, 0.15) is 21.6 Å². The van der Waals surface area contributed by atoms with Crippen molar-refractivity contribution >= 4 is 22.7 Å². The molecular formula is C23H27N5O2. The summed E-state index contributed by atoms with van der Waals surface area (Å²) in [6, 6.07) is 15.1. The standard InChI is InChI=1S/C23H27N5O2/c1-26(2)13-12-24-22(29)20-14-16-8-4-5-9-17(16)15-28(20)23(30)21-18-10-6-7-11-19(18)27(3)25-21/h4-11,20H,12-15H2,1-3H3,(H,24,29). The van der Waals surface area contributed by atoms with Gasteiger partial charge in [0.05, 0.1) is 5.52 Å². The topological polar surface area (TPSA) is 70.5 Å². The van der Waals surface area contributed by atoms with E-state index in [1.54, 1.807) is 9.58 Å². The first-order valence-electron chi connectivity index (χ1n) is 10.2. The molecule has 3 aromatic rings. The van der Waals surface area contributed by atoms with Gasteiger partial charge in [-0.05, 0) is 31.3 Å². The summed E-state index contributed by atoms with van der Waals surface area (Å²) < 4.78 is 1.71. The number of carbonyl (C=O) groups is 2. The number of hydrogen-bond acceptors (Lipinski definition) is 4. The zero-order valence-corrected chi connectivity index (χ0v) is 17.6. The minimum absolute atomic E-state index is 0.125. The molecule has 0 aliphatic carbocycles. The van der Waals surface area contributed by atoms with Gasteiger partial charge in [-0.2, -0.15) is 5.10 Å². The summed E-state index contributed by atoms with van der Waals surface area (Å²) in [7, 11) is 5.76. The average molecular weight is 406 g/mol. The third kappa shape index (κ3) is 3.80. The van der Waals surface area contributed by atoms with Crippen LogP contribution in [-0.4, -0.2) is 64.6 Å². The van der Waals surface area contributed by atoms with Gasteiger partial charge in [-0.15, -0.1) is 0 Å². The van der Waals surface area contributed by atoms with E-state index in [0.717, 1.165) is 28.6 Å². The number of nitrogens with zero attached hydrogens (tertiary/aromatic N) is 4. The van der Waals surface area contributed by atoms with Crippen LogP contribution in [0.2, 0.25) is 0 Å². The zero-order chi connectivity index (χ0) is 21.3. The first-order chi connectivity index (χ1) is 14.5. The minimum atomic E-state index is -0.560. The molecule has 1 unspecified atom stereocenters. The first kappa shape index (κ1) is 20.1. The van der Waals surface area contributed by atoms with E-state index in [9.17, 15) is 9.59 Å². The van der Waals surface area contributed by atoms with Crippen molar-refractivity contribution in [3.05, 3.63) is 65.4 Å². The summed E-state index contributed by atoms with van der Waals surface area (Å²) in [5.41, 5.74) is 3.47. The van der Waals surface area contributed by atoms with Crippen LogP contribution in [0.25, 0.3) is 10.9 Å². The van der Waals surface area contributed by atoms with Crippen LogP contribution < -0.4 is 5.32 Å². The van der Waals surface area contributed by atoms with Crippen LogP contribution >= 0.6 is 0 Å². The molecule has 0 saturated carbocycles. The maximum atomic E-state index is 13.6. The fourth-order valence-electron chi connectivity index (χ4n) is 4.00. The Morgan fingerprint density at radius 3 is 2.57 bits per heavy atom. The van der Waals surface area contributed by atoms with Gasteiger partial charge in [-0.3, -0.25) is 14.3 Å². The molecule has 30 heavy (non-hydrogen) atoms. The number of likely N-dealkylation sites (N-methyl/N-ethyl adjacent to an activating group) is 1. The Bertz CT molecular complexity index is 1090. The molecule has 7 heteroatoms. The predicted octanol–water partition coefficient (Wildman–Crippen LogP) is 1.82. The summed E-state index contributed by atoms with van der Waals surface area (Å²) in [5.74, 6) is -0.339. The van der Waals surface area contributed by atoms with Gasteiger partial charge in [0, 0.05) is 38.5 Å². The summed E-state index contributed by atoms with van der Waals surface area (Å²) in [6.45, 7) is 1.68. The number of rotatable bonds is 5. The molecule has 4 rings (SSSR count). The fourth-order valence-corrected chi connectivity index (χ4v) is 4.00. The second-order valence-corrected chi connectivity index (χ2v) is 8.01. The Morgan fingerprint density at radius 1 is 1.10 bits per heavy atom. The van der Waals surface area contributed by atoms with E-state index >= 15 is 0 Å². The van der Waals surface area contributed by atoms with Gasteiger partial charge in [0.15, 0.2) is 5.69 Å². The molecule has 1 aliphatic rings. The Kier molecular flexibility index (Phi) is 5.55. The first-order valence-corrected chi connectivity index (χ1v) is 10.2. The van der Waals surface area contributed by atoms with Crippen LogP contribution in [0.5, 0.6) is 0 Å². The van der Waals surface area contributed by atoms with Crippen molar-refractivity contribution < 1.29 is 9.59 Å². The van der Waals surface area contributed by atoms with Crippen LogP contribution in [0, 0.1) is 0 Å². The number of aryl methyl sites for hydroxylation is 1. The van der Waals surface area contributed by atoms with Gasteiger partial charge in [-0.1, -0.05) is 42.5 Å². The van der Waals surface area contributed by atoms with E-state index in [1.807, 2.05) is 74.6 Å². The second kappa shape index (κ2) is 8.28. The Morgan fingerprint density at radius 2 is 1.80 bits per heavy atom. The Labute approximate surface area is 176 Å². The normalized spacial score (nSPS) is 16.0. The molecule has 1 atom stereocenters. The van der Waals surface area contributed by atoms with Crippen molar-refractivity contribution in [3.63, 3.8) is 0 Å². The van der Waals surface area contributed by atoms with Gasteiger partial charge in [0.25, 0.3) is 5.91 Å². The van der Waals surface area contributed by atoms with Crippen molar-refractivity contribution in [2.45, 2.75) is 19.0 Å². The van der Waals surface area contributed by atoms with Crippen LogP contribution in [0.4, 0.5) is 0 Å². The highest BCUT2D eigenvalue weighted by atomic mass is 16.2. The van der Waals surface area contributed by atoms with Gasteiger partial charge < -0.3 is 15.1 Å². The lowest BCUT2D eigenvalue weighted by atomic mass is 9.93. The smallest absolute Gasteiger partial charge is 0.275 e. The number of carbonyl (C=O) groups excluding carboxylic acids is 2. The van der Waals surface area contributed by atoms with E-state index in [1.165, 1.54) is 0 Å². The SMILES string of the molecule is CN(C)CCNC(=O)C1Cc2ccccc2CN1C(=O)c1nn(C)c2ccccc12. The molecule has 7 nitrogen and oxygen atoms in total. The van der Waals surface area contributed by atoms with Crippen LogP contribution in [0.3, 0.4) is 0 Å². The monoisotopic (exact) mass is 405 g/mol. The molecule has 0 spiro atoms. The number of hydrogen-bond donors (Lipinski definition) is 1. The quantitative estimate of drug-likeness (QED) is 0.703. The molecule has 1 N–H and O–H groups in total. The summed E-state index contributed by atoms with van der Waals surface area (Å²) in [4.78, 5) is 30.3. The molecule has 2 amide bonds. The highest BCUT2D eigenvalue weighted by molar-refractivity contribution is 6.06. The number of para-hydroxylation sites is 1. The highest BCUT2D eigenvalue weighted by Gasteiger charge is 2.36. The van der Waals surface area contributed by atoms with E-state index in [-0.39, 0.29) is 11.8 Å². The molecule has 1 aliphatic heterocycles. The lowest BCUT2D eigenvalue weighted by Gasteiger charge is -2.35. The van der Waals surface area contributed by atoms with Gasteiger partial charge in [0.1, 0.15) is 6.04 Å². The van der Waals surface area contributed by atoms with Crippen molar-refractivity contribution in [1.82, 2.24) is 24.9 Å². The molecule has 0 bridgehead atoms. The Balaban J connectivity index is 1.67. The predicted molar refractivity (Wildman–Crippen MR) is 116 cm³/mol. The molecule has 1 aromatic heterocycles. The molecule has 0 radical (unpaired) electrons. The van der Waals surface area contributed by atoms with Crippen LogP contribution in [0.15, 0.2) is 48.5 Å². The van der Waals surface area contributed by atoms with Gasteiger partial charge in [-0.25, -0.2) is 0 Å². The second-order valence-electron chi connectivity index (χ2n) is 8.01. The summed E-state index contributed by atoms with van der Waals surface area (Å²) >= 11 is 0. The lowest BCUT2D eigenvalue weighted by molar-refractivity contribution is -0.126. The number of aromatic nitrogens is 2.